The first-order valence-electron chi connectivity index (χ1n) is 5.86. The third-order valence-corrected chi connectivity index (χ3v) is 3.84. The summed E-state index contributed by atoms with van der Waals surface area (Å²) in [6, 6.07) is 4.09. The minimum atomic E-state index is -0.952. The van der Waals surface area contributed by atoms with Crippen LogP contribution >= 0.6 is 11.3 Å². The van der Waals surface area contributed by atoms with Crippen LogP contribution in [0.15, 0.2) is 18.3 Å². The molecule has 0 amide bonds. The van der Waals surface area contributed by atoms with E-state index in [-0.39, 0.29) is 4.88 Å². The lowest BCUT2D eigenvalue weighted by molar-refractivity contribution is 0.0702. The summed E-state index contributed by atoms with van der Waals surface area (Å²) in [5, 5.41) is 9.49. The molecule has 1 aromatic heterocycles. The van der Waals surface area contributed by atoms with Gasteiger partial charge in [0.1, 0.15) is 22.2 Å². The van der Waals surface area contributed by atoms with Crippen LogP contribution in [0.1, 0.15) is 31.4 Å². The molecule has 0 saturated heterocycles. The van der Waals surface area contributed by atoms with E-state index in [1.165, 1.54) is 11.8 Å². The van der Waals surface area contributed by atoms with Crippen molar-refractivity contribution in [3.63, 3.8) is 0 Å². The van der Waals surface area contributed by atoms with Gasteiger partial charge in [0.2, 0.25) is 0 Å². The molecule has 5 heteroatoms. The zero-order chi connectivity index (χ0) is 14.0. The molecule has 19 heavy (non-hydrogen) atoms. The summed E-state index contributed by atoms with van der Waals surface area (Å²) in [6.07, 6.45) is 1.36. The number of aromatic carboxylic acids is 1. The summed E-state index contributed by atoms with van der Waals surface area (Å²) in [5.74, 6) is -0.129. The normalized spacial score (nSPS) is 10.5. The molecule has 0 atom stereocenters. The number of aromatic nitrogens is 1. The maximum Gasteiger partial charge on any atom is 0.347 e. The Morgan fingerprint density at radius 3 is 2.74 bits per heavy atom. The molecule has 0 aliphatic carbocycles. The van der Waals surface area contributed by atoms with Gasteiger partial charge in [0.25, 0.3) is 0 Å². The van der Waals surface area contributed by atoms with Crippen LogP contribution in [0.4, 0.5) is 0 Å². The monoisotopic (exact) mass is 277 g/mol. The molecule has 0 spiro atoms. The predicted molar refractivity (Wildman–Crippen MR) is 74.1 cm³/mol. The predicted octanol–water partition coefficient (Wildman–Crippen LogP) is 3.35. The van der Waals surface area contributed by atoms with E-state index in [0.717, 1.165) is 28.2 Å². The molecule has 0 aliphatic heterocycles. The van der Waals surface area contributed by atoms with Gasteiger partial charge in [-0.2, -0.15) is 0 Å². The number of aryl methyl sites for hydroxylation is 2. The number of carboxylic acid groups (broad SMARTS) is 1. The topological polar surface area (TPSA) is 59.4 Å². The second-order valence-corrected chi connectivity index (χ2v) is 5.53. The van der Waals surface area contributed by atoms with Gasteiger partial charge < -0.3 is 9.84 Å². The quantitative estimate of drug-likeness (QED) is 0.931. The highest BCUT2D eigenvalue weighted by atomic mass is 32.1. The Bertz CT molecular complexity index is 619. The van der Waals surface area contributed by atoms with Gasteiger partial charge in [-0.3, -0.25) is 0 Å². The third-order valence-electron chi connectivity index (χ3n) is 2.88. The third kappa shape index (κ3) is 3.12. The van der Waals surface area contributed by atoms with E-state index in [9.17, 15) is 4.79 Å². The van der Waals surface area contributed by atoms with Crippen molar-refractivity contribution in [2.45, 2.75) is 27.4 Å². The van der Waals surface area contributed by atoms with Crippen molar-refractivity contribution in [2.75, 3.05) is 0 Å². The summed E-state index contributed by atoms with van der Waals surface area (Å²) in [4.78, 5) is 15.0. The fraction of sp³-hybridized carbons (Fsp3) is 0.286. The summed E-state index contributed by atoms with van der Waals surface area (Å²) in [6.45, 7) is 6.36. The van der Waals surface area contributed by atoms with Crippen molar-refractivity contribution in [3.8, 4) is 5.75 Å². The number of carbonyl (C=O) groups is 1. The molecule has 0 bridgehead atoms. The molecule has 0 radical (unpaired) electrons. The lowest BCUT2D eigenvalue weighted by Crippen LogP contribution is -1.98. The van der Waals surface area contributed by atoms with Crippen LogP contribution < -0.4 is 4.74 Å². The summed E-state index contributed by atoms with van der Waals surface area (Å²) in [5.41, 5.74) is 3.42. The number of carboxylic acids is 1. The van der Waals surface area contributed by atoms with Gasteiger partial charge in [-0.15, -0.1) is 11.3 Å². The van der Waals surface area contributed by atoms with Gasteiger partial charge in [0.15, 0.2) is 0 Å². The standard InChI is InChI=1S/C14H15NO3S/c1-8-4-9(2)10(3)11(5-8)18-7-13-15-6-12(19-13)14(16)17/h4-6H,7H2,1-3H3,(H,16,17). The molecule has 0 unspecified atom stereocenters. The Balaban J connectivity index is 2.12. The van der Waals surface area contributed by atoms with E-state index < -0.39 is 5.97 Å². The molecule has 0 aliphatic rings. The lowest BCUT2D eigenvalue weighted by atomic mass is 10.1. The second-order valence-electron chi connectivity index (χ2n) is 4.42. The fourth-order valence-electron chi connectivity index (χ4n) is 1.77. The maximum absolute atomic E-state index is 10.8. The zero-order valence-electron chi connectivity index (χ0n) is 11.1. The highest BCUT2D eigenvalue weighted by Crippen LogP contribution is 2.24. The van der Waals surface area contributed by atoms with E-state index in [1.807, 2.05) is 26.8 Å². The highest BCUT2D eigenvalue weighted by Gasteiger charge is 2.10. The maximum atomic E-state index is 10.8. The number of ether oxygens (including phenoxy) is 1. The van der Waals surface area contributed by atoms with Crippen molar-refractivity contribution in [1.29, 1.82) is 0 Å². The van der Waals surface area contributed by atoms with E-state index in [1.54, 1.807) is 0 Å². The lowest BCUT2D eigenvalue weighted by Gasteiger charge is -2.11. The van der Waals surface area contributed by atoms with Crippen LogP contribution in [0.25, 0.3) is 0 Å². The van der Waals surface area contributed by atoms with Crippen molar-refractivity contribution in [2.24, 2.45) is 0 Å². The van der Waals surface area contributed by atoms with Gasteiger partial charge in [0.05, 0.1) is 6.20 Å². The first kappa shape index (κ1) is 13.5. The Hall–Kier alpha value is -1.88. The van der Waals surface area contributed by atoms with Gasteiger partial charge >= 0.3 is 5.97 Å². The van der Waals surface area contributed by atoms with E-state index in [2.05, 4.69) is 11.1 Å². The van der Waals surface area contributed by atoms with Crippen molar-refractivity contribution >= 4 is 17.3 Å². The number of rotatable bonds is 4. The number of benzene rings is 1. The summed E-state index contributed by atoms with van der Waals surface area (Å²) >= 11 is 1.14. The highest BCUT2D eigenvalue weighted by molar-refractivity contribution is 7.13. The molecule has 0 saturated carbocycles. The van der Waals surface area contributed by atoms with Gasteiger partial charge in [-0.25, -0.2) is 9.78 Å². The average Bonchev–Trinajstić information content (AvgIpc) is 2.81. The minimum absolute atomic E-state index is 0.232. The van der Waals surface area contributed by atoms with Crippen molar-refractivity contribution < 1.29 is 14.6 Å². The van der Waals surface area contributed by atoms with Crippen LogP contribution in [-0.4, -0.2) is 16.1 Å². The molecule has 100 valence electrons. The molecular weight excluding hydrogens is 262 g/mol. The molecule has 0 fully saturated rings. The van der Waals surface area contributed by atoms with E-state index in [0.29, 0.717) is 11.6 Å². The van der Waals surface area contributed by atoms with Crippen LogP contribution in [0, 0.1) is 20.8 Å². The molecule has 1 aromatic carbocycles. The van der Waals surface area contributed by atoms with E-state index in [4.69, 9.17) is 9.84 Å². The Morgan fingerprint density at radius 1 is 1.37 bits per heavy atom. The van der Waals surface area contributed by atoms with Gasteiger partial charge in [-0.05, 0) is 43.5 Å². The smallest absolute Gasteiger partial charge is 0.347 e. The SMILES string of the molecule is Cc1cc(C)c(C)c(OCc2ncc(C(=O)O)s2)c1. The van der Waals surface area contributed by atoms with Crippen molar-refractivity contribution in [3.05, 3.63) is 44.9 Å². The molecule has 2 aromatic rings. The molecule has 1 N–H and O–H groups in total. The van der Waals surface area contributed by atoms with Crippen LogP contribution in [0.5, 0.6) is 5.75 Å². The Kier molecular flexibility index (Phi) is 3.85. The summed E-state index contributed by atoms with van der Waals surface area (Å²) in [7, 11) is 0. The summed E-state index contributed by atoms with van der Waals surface area (Å²) < 4.78 is 5.73. The molecule has 2 rings (SSSR count). The number of hydrogen-bond acceptors (Lipinski definition) is 4. The van der Waals surface area contributed by atoms with E-state index >= 15 is 0 Å². The number of nitrogens with zero attached hydrogens (tertiary/aromatic N) is 1. The molecule has 4 nitrogen and oxygen atoms in total. The van der Waals surface area contributed by atoms with Gasteiger partial charge in [-0.1, -0.05) is 6.07 Å². The number of hydrogen-bond donors (Lipinski definition) is 1. The number of thiazole rings is 1. The van der Waals surface area contributed by atoms with Crippen LogP contribution in [0.2, 0.25) is 0 Å². The van der Waals surface area contributed by atoms with Crippen LogP contribution in [0.3, 0.4) is 0 Å². The van der Waals surface area contributed by atoms with Crippen LogP contribution in [-0.2, 0) is 6.61 Å². The molecular formula is C14H15NO3S. The van der Waals surface area contributed by atoms with Crippen molar-refractivity contribution in [1.82, 2.24) is 4.98 Å². The molecule has 1 heterocycles. The van der Waals surface area contributed by atoms with Gasteiger partial charge in [0, 0.05) is 0 Å². The first-order valence-corrected chi connectivity index (χ1v) is 6.67. The Morgan fingerprint density at radius 2 is 2.11 bits per heavy atom. The largest absolute Gasteiger partial charge is 0.486 e. The minimum Gasteiger partial charge on any atom is -0.486 e. The fourth-order valence-corrected chi connectivity index (χ4v) is 2.44. The second kappa shape index (κ2) is 5.40. The first-order chi connectivity index (χ1) is 8.97. The Labute approximate surface area is 115 Å². The zero-order valence-corrected chi connectivity index (χ0v) is 11.9. The average molecular weight is 277 g/mol.